The second-order valence-corrected chi connectivity index (χ2v) is 8.98. The number of carboxylic acid groups (broad SMARTS) is 1. The molecule has 0 radical (unpaired) electrons. The van der Waals surface area contributed by atoms with Crippen LogP contribution in [0.15, 0.2) is 71.3 Å². The smallest absolute Gasteiger partial charge is 0.323 e. The Hall–Kier alpha value is -3.81. The van der Waals surface area contributed by atoms with Gasteiger partial charge in [0.05, 0.1) is 6.61 Å². The highest BCUT2D eigenvalue weighted by Crippen LogP contribution is 2.36. The highest BCUT2D eigenvalue weighted by Gasteiger charge is 2.49. The molecular weight excluding hydrogens is 442 g/mol. The van der Waals surface area contributed by atoms with Crippen LogP contribution in [0.25, 0.3) is 34.0 Å². The minimum Gasteiger partial charge on any atom is -0.480 e. The summed E-state index contributed by atoms with van der Waals surface area (Å²) in [6, 6.07) is 22.1. The molecule has 5 rings (SSSR count). The van der Waals surface area contributed by atoms with Crippen molar-refractivity contribution >= 4 is 5.97 Å². The van der Waals surface area contributed by atoms with E-state index < -0.39 is 11.5 Å². The predicted octanol–water partition coefficient (Wildman–Crippen LogP) is 5.23. The fourth-order valence-electron chi connectivity index (χ4n) is 4.28. The molecule has 178 valence electrons. The Morgan fingerprint density at radius 1 is 1.06 bits per heavy atom. The van der Waals surface area contributed by atoms with E-state index in [1.165, 1.54) is 11.1 Å². The van der Waals surface area contributed by atoms with Crippen LogP contribution in [-0.4, -0.2) is 33.9 Å². The molecule has 35 heavy (non-hydrogen) atoms. The summed E-state index contributed by atoms with van der Waals surface area (Å²) in [7, 11) is 1.68. The quantitative estimate of drug-likeness (QED) is 0.346. The van der Waals surface area contributed by atoms with Crippen LogP contribution in [0.4, 0.5) is 0 Å². The van der Waals surface area contributed by atoms with Gasteiger partial charge >= 0.3 is 5.97 Å². The Kier molecular flexibility index (Phi) is 6.19. The molecule has 7 nitrogen and oxygen atoms in total. The lowest BCUT2D eigenvalue weighted by Crippen LogP contribution is -2.38. The van der Waals surface area contributed by atoms with Crippen LogP contribution in [0.3, 0.4) is 0 Å². The lowest BCUT2D eigenvalue weighted by Gasteiger charge is -2.12. The molecule has 1 fully saturated rings. The molecule has 1 aromatic heterocycles. The lowest BCUT2D eigenvalue weighted by molar-refractivity contribution is -0.140. The molecule has 1 heterocycles. The van der Waals surface area contributed by atoms with Crippen molar-refractivity contribution in [2.75, 3.05) is 7.11 Å². The van der Waals surface area contributed by atoms with Gasteiger partial charge in [0.25, 0.3) is 5.89 Å². The first-order valence-electron chi connectivity index (χ1n) is 11.6. The number of rotatable bonds is 9. The molecule has 0 atom stereocenters. The van der Waals surface area contributed by atoms with Gasteiger partial charge in [0, 0.05) is 24.8 Å². The minimum atomic E-state index is -0.794. The first-order chi connectivity index (χ1) is 17.0. The fourth-order valence-corrected chi connectivity index (χ4v) is 4.28. The standard InChI is InChI=1S/C28H27N3O4/c1-18-6-3-4-9-23(18)24-11-10-21(15-22(24)17-34-2)26-30-25(31-35-26)20-8-5-7-19(14-20)16-29-28(12-13-28)27(32)33/h3-11,14-15,29H,12-13,16-17H2,1-2H3,(H,32,33). The summed E-state index contributed by atoms with van der Waals surface area (Å²) in [5.41, 5.74) is 6.34. The molecular formula is C28H27N3O4. The number of hydrogen-bond donors (Lipinski definition) is 2. The Bertz CT molecular complexity index is 1370. The van der Waals surface area contributed by atoms with Gasteiger partial charge in [0.1, 0.15) is 5.54 Å². The van der Waals surface area contributed by atoms with E-state index in [9.17, 15) is 9.90 Å². The van der Waals surface area contributed by atoms with E-state index in [4.69, 9.17) is 9.26 Å². The SMILES string of the molecule is COCc1cc(-c2nc(-c3cccc(CNC4(C(=O)O)CC4)c3)no2)ccc1-c1ccccc1C. The third-order valence-electron chi connectivity index (χ3n) is 6.49. The van der Waals surface area contributed by atoms with E-state index in [1.807, 2.05) is 48.5 Å². The van der Waals surface area contributed by atoms with Crippen molar-refractivity contribution in [2.24, 2.45) is 0 Å². The molecule has 1 saturated carbocycles. The Labute approximate surface area is 203 Å². The molecule has 0 spiro atoms. The van der Waals surface area contributed by atoms with Crippen LogP contribution in [-0.2, 0) is 22.7 Å². The van der Waals surface area contributed by atoms with Crippen LogP contribution in [0, 0.1) is 6.92 Å². The molecule has 2 N–H and O–H groups in total. The second kappa shape index (κ2) is 9.44. The summed E-state index contributed by atoms with van der Waals surface area (Å²) < 4.78 is 11.1. The number of benzene rings is 3. The zero-order chi connectivity index (χ0) is 24.4. The maximum atomic E-state index is 11.4. The van der Waals surface area contributed by atoms with Gasteiger partial charge in [-0.15, -0.1) is 0 Å². The molecule has 1 aliphatic carbocycles. The number of aryl methyl sites for hydroxylation is 1. The highest BCUT2D eigenvalue weighted by atomic mass is 16.5. The van der Waals surface area contributed by atoms with Crippen molar-refractivity contribution in [1.29, 1.82) is 0 Å². The number of aliphatic carboxylic acids is 1. The third kappa shape index (κ3) is 4.73. The number of carboxylic acids is 1. The molecule has 0 amide bonds. The van der Waals surface area contributed by atoms with E-state index in [0.717, 1.165) is 27.8 Å². The van der Waals surface area contributed by atoms with Gasteiger partial charge < -0.3 is 14.4 Å². The first kappa shape index (κ1) is 23.0. The molecule has 7 heteroatoms. The fraction of sp³-hybridized carbons (Fsp3) is 0.250. The summed E-state index contributed by atoms with van der Waals surface area (Å²) in [4.78, 5) is 16.0. The predicted molar refractivity (Wildman–Crippen MR) is 132 cm³/mol. The number of methoxy groups -OCH3 is 1. The topological polar surface area (TPSA) is 97.5 Å². The van der Waals surface area contributed by atoms with E-state index in [-0.39, 0.29) is 0 Å². The molecule has 0 saturated heterocycles. The van der Waals surface area contributed by atoms with Crippen LogP contribution in [0.5, 0.6) is 0 Å². The van der Waals surface area contributed by atoms with Crippen LogP contribution >= 0.6 is 0 Å². The number of carbonyl (C=O) groups is 1. The van der Waals surface area contributed by atoms with Crippen molar-refractivity contribution in [3.05, 3.63) is 83.4 Å². The van der Waals surface area contributed by atoms with E-state index in [2.05, 4.69) is 40.6 Å². The minimum absolute atomic E-state index is 0.431. The molecule has 1 aliphatic rings. The monoisotopic (exact) mass is 469 g/mol. The zero-order valence-electron chi connectivity index (χ0n) is 19.7. The number of hydrogen-bond acceptors (Lipinski definition) is 6. The molecule has 0 aliphatic heterocycles. The largest absolute Gasteiger partial charge is 0.480 e. The van der Waals surface area contributed by atoms with Crippen LogP contribution < -0.4 is 5.32 Å². The van der Waals surface area contributed by atoms with Gasteiger partial charge in [-0.1, -0.05) is 53.7 Å². The second-order valence-electron chi connectivity index (χ2n) is 8.98. The van der Waals surface area contributed by atoms with Gasteiger partial charge in [0.15, 0.2) is 0 Å². The Morgan fingerprint density at radius 3 is 2.63 bits per heavy atom. The Morgan fingerprint density at radius 2 is 1.89 bits per heavy atom. The van der Waals surface area contributed by atoms with Gasteiger partial charge in [0.2, 0.25) is 5.82 Å². The number of nitrogens with zero attached hydrogens (tertiary/aromatic N) is 2. The van der Waals surface area contributed by atoms with Crippen LogP contribution in [0.2, 0.25) is 0 Å². The van der Waals surface area contributed by atoms with Gasteiger partial charge in [-0.05, 0) is 65.8 Å². The summed E-state index contributed by atoms with van der Waals surface area (Å²) in [5, 5.41) is 16.7. The third-order valence-corrected chi connectivity index (χ3v) is 6.49. The molecule has 3 aromatic carbocycles. The molecule has 0 bridgehead atoms. The summed E-state index contributed by atoms with van der Waals surface area (Å²) in [6.07, 6.45) is 1.31. The van der Waals surface area contributed by atoms with E-state index >= 15 is 0 Å². The maximum Gasteiger partial charge on any atom is 0.323 e. The first-order valence-corrected chi connectivity index (χ1v) is 11.6. The van der Waals surface area contributed by atoms with Crippen LogP contribution in [0.1, 0.15) is 29.5 Å². The maximum absolute atomic E-state index is 11.4. The van der Waals surface area contributed by atoms with Crippen molar-refractivity contribution in [1.82, 2.24) is 15.5 Å². The summed E-state index contributed by atoms with van der Waals surface area (Å²) in [5.74, 6) is 0.121. The van der Waals surface area contributed by atoms with Crippen molar-refractivity contribution in [3.63, 3.8) is 0 Å². The van der Waals surface area contributed by atoms with Crippen molar-refractivity contribution < 1.29 is 19.2 Å². The Balaban J connectivity index is 1.39. The van der Waals surface area contributed by atoms with E-state index in [1.54, 1.807) is 7.11 Å². The highest BCUT2D eigenvalue weighted by molar-refractivity contribution is 5.82. The van der Waals surface area contributed by atoms with Gasteiger partial charge in [-0.2, -0.15) is 4.98 Å². The molecule has 0 unspecified atom stereocenters. The van der Waals surface area contributed by atoms with E-state index in [0.29, 0.717) is 37.7 Å². The number of aromatic nitrogens is 2. The average molecular weight is 470 g/mol. The summed E-state index contributed by atoms with van der Waals surface area (Å²) in [6.45, 7) is 3.02. The summed E-state index contributed by atoms with van der Waals surface area (Å²) >= 11 is 0. The number of nitrogens with one attached hydrogen (secondary N) is 1. The number of ether oxygens (including phenoxy) is 1. The van der Waals surface area contributed by atoms with Crippen molar-refractivity contribution in [2.45, 2.75) is 38.5 Å². The van der Waals surface area contributed by atoms with Gasteiger partial charge in [-0.3, -0.25) is 10.1 Å². The average Bonchev–Trinajstić information content (AvgIpc) is 3.51. The zero-order valence-corrected chi connectivity index (χ0v) is 19.7. The normalized spacial score (nSPS) is 14.1. The van der Waals surface area contributed by atoms with Crippen molar-refractivity contribution in [3.8, 4) is 34.0 Å². The lowest BCUT2D eigenvalue weighted by atomic mass is 9.94. The molecule has 4 aromatic rings. The van der Waals surface area contributed by atoms with Gasteiger partial charge in [-0.25, -0.2) is 0 Å².